The normalized spacial score (nSPS) is 15.7. The number of fused-ring (bicyclic) bond motifs is 2. The minimum Gasteiger partial charge on any atom is -0.384 e. The Hall–Kier alpha value is -7.53. The fraction of sp³-hybridized carbons (Fsp3) is 0.491. The number of aromatic nitrogens is 5. The van der Waals surface area contributed by atoms with Gasteiger partial charge in [0.1, 0.15) is 17.0 Å². The van der Waals surface area contributed by atoms with Gasteiger partial charge in [-0.05, 0) is 68.8 Å². The zero-order valence-electron chi connectivity index (χ0n) is 47.0. The van der Waals surface area contributed by atoms with Crippen LogP contribution in [0.25, 0.3) is 16.9 Å². The zero-order chi connectivity index (χ0) is 58.6. The molecule has 0 spiro atoms. The number of rotatable bonds is 35. The van der Waals surface area contributed by atoms with Gasteiger partial charge >= 0.3 is 0 Å². The molecule has 26 heteroatoms. The van der Waals surface area contributed by atoms with Crippen LogP contribution in [0.1, 0.15) is 53.1 Å². The van der Waals surface area contributed by atoms with Crippen molar-refractivity contribution in [2.45, 2.75) is 44.9 Å². The maximum atomic E-state index is 13.4. The number of allylic oxidation sites excluding steroid dienone is 1. The predicted molar refractivity (Wildman–Crippen MR) is 305 cm³/mol. The van der Waals surface area contributed by atoms with Gasteiger partial charge in [0.15, 0.2) is 11.5 Å². The van der Waals surface area contributed by atoms with Gasteiger partial charge in [-0.25, -0.2) is 19.3 Å². The summed E-state index contributed by atoms with van der Waals surface area (Å²) in [5, 5.41) is 22.5. The first kappa shape index (κ1) is 61.5. The number of benzene rings is 2. The standard InChI is InChI=1S/C57H74N12O14/c1-4-19-67-53(73)43-38-60-56(64-51(43)69(67)47-10-6-9-46(62-47)57(2,3)76)61-40-11-13-41(14-12-40)66-22-20-65(21-23-66)39-49(71)59-18-25-78-27-29-80-31-33-82-35-37-83-36-34-81-32-30-79-28-26-77-24-17-58-44-8-5-7-42-50(44)55(75)68(54(42)74)45-15-16-48(70)63-52(45)72/h4-14,38,45,58,76H,1,15-37,39H2,2-3H3,(H,59,71)(H,60,61,64)(H,63,70,72). The lowest BCUT2D eigenvalue weighted by atomic mass is 10.0. The third-order valence-corrected chi connectivity index (χ3v) is 13.6. The van der Waals surface area contributed by atoms with Crippen LogP contribution in [0.5, 0.6) is 0 Å². The highest BCUT2D eigenvalue weighted by atomic mass is 16.6. The number of pyridine rings is 1. The Morgan fingerprint density at radius 1 is 0.747 bits per heavy atom. The molecule has 2 fully saturated rings. The molecule has 446 valence electrons. The third-order valence-electron chi connectivity index (χ3n) is 13.6. The van der Waals surface area contributed by atoms with E-state index in [1.54, 1.807) is 61.0 Å². The van der Waals surface area contributed by atoms with E-state index in [9.17, 15) is 33.9 Å². The molecule has 5 N–H and O–H groups in total. The van der Waals surface area contributed by atoms with E-state index in [1.807, 2.05) is 24.3 Å². The van der Waals surface area contributed by atoms with Crippen molar-refractivity contribution in [2.75, 3.05) is 154 Å². The maximum Gasteiger partial charge on any atom is 0.278 e. The molecule has 8 rings (SSSR count). The van der Waals surface area contributed by atoms with Gasteiger partial charge in [-0.15, -0.1) is 6.58 Å². The van der Waals surface area contributed by atoms with Gasteiger partial charge in [0.2, 0.25) is 23.7 Å². The predicted octanol–water partition coefficient (Wildman–Crippen LogP) is 2.00. The maximum absolute atomic E-state index is 13.4. The van der Waals surface area contributed by atoms with E-state index >= 15 is 0 Å². The summed E-state index contributed by atoms with van der Waals surface area (Å²) in [4.78, 5) is 95.4. The molecule has 6 heterocycles. The fourth-order valence-corrected chi connectivity index (χ4v) is 9.40. The summed E-state index contributed by atoms with van der Waals surface area (Å²) in [5.74, 6) is -1.53. The van der Waals surface area contributed by atoms with Crippen LogP contribution in [0.3, 0.4) is 0 Å². The molecule has 3 aromatic heterocycles. The van der Waals surface area contributed by atoms with E-state index < -0.39 is 35.3 Å². The number of hydrogen-bond acceptors (Lipinski definition) is 21. The molecule has 0 radical (unpaired) electrons. The molecule has 1 unspecified atom stereocenters. The molecular weight excluding hydrogens is 1080 g/mol. The molecule has 0 saturated carbocycles. The van der Waals surface area contributed by atoms with Crippen LogP contribution in [0, 0.1) is 0 Å². The van der Waals surface area contributed by atoms with Crippen molar-refractivity contribution in [1.29, 1.82) is 0 Å². The fourth-order valence-electron chi connectivity index (χ4n) is 9.40. The molecule has 83 heavy (non-hydrogen) atoms. The highest BCUT2D eigenvalue weighted by molar-refractivity contribution is 6.25. The Labute approximate surface area is 480 Å². The quantitative estimate of drug-likeness (QED) is 0.0220. The van der Waals surface area contributed by atoms with Crippen LogP contribution >= 0.6 is 0 Å². The molecule has 2 saturated heterocycles. The Morgan fingerprint density at radius 2 is 1.35 bits per heavy atom. The molecule has 1 atom stereocenters. The minimum absolute atomic E-state index is 0.0509. The topological polar surface area (TPSA) is 294 Å². The van der Waals surface area contributed by atoms with E-state index in [0.717, 1.165) is 42.5 Å². The molecule has 3 aliphatic rings. The Morgan fingerprint density at radius 3 is 1.95 bits per heavy atom. The Kier molecular flexibility index (Phi) is 22.7. The number of anilines is 4. The van der Waals surface area contributed by atoms with E-state index in [0.29, 0.717) is 146 Å². The van der Waals surface area contributed by atoms with Gasteiger partial charge in [-0.2, -0.15) is 4.98 Å². The summed E-state index contributed by atoms with van der Waals surface area (Å²) in [5.41, 5.74) is 2.02. The number of nitrogens with one attached hydrogen (secondary N) is 4. The van der Waals surface area contributed by atoms with Crippen LogP contribution in [0.2, 0.25) is 0 Å². The summed E-state index contributed by atoms with van der Waals surface area (Å²) in [6, 6.07) is 17.1. The van der Waals surface area contributed by atoms with Gasteiger partial charge in [-0.3, -0.25) is 43.9 Å². The lowest BCUT2D eigenvalue weighted by Gasteiger charge is -2.35. The van der Waals surface area contributed by atoms with Gasteiger partial charge in [0.25, 0.3) is 17.4 Å². The summed E-state index contributed by atoms with van der Waals surface area (Å²) < 4.78 is 42.1. The van der Waals surface area contributed by atoms with Crippen LogP contribution in [-0.4, -0.2) is 213 Å². The Balaban J connectivity index is 0.578. The summed E-state index contributed by atoms with van der Waals surface area (Å²) in [6.07, 6.45) is 3.27. The lowest BCUT2D eigenvalue weighted by Crippen LogP contribution is -2.54. The largest absolute Gasteiger partial charge is 0.384 e. The highest BCUT2D eigenvalue weighted by Gasteiger charge is 2.45. The number of carbonyl (C=O) groups excluding carboxylic acids is 5. The first-order chi connectivity index (χ1) is 40.3. The van der Waals surface area contributed by atoms with Gasteiger partial charge < -0.3 is 59.1 Å². The summed E-state index contributed by atoms with van der Waals surface area (Å²) in [7, 11) is 0. The third kappa shape index (κ3) is 17.0. The van der Waals surface area contributed by atoms with Crippen molar-refractivity contribution in [3.63, 3.8) is 0 Å². The lowest BCUT2D eigenvalue weighted by molar-refractivity contribution is -0.136. The summed E-state index contributed by atoms with van der Waals surface area (Å²) in [6.45, 7) is 17.0. The minimum atomic E-state index is -1.19. The number of amides is 5. The van der Waals surface area contributed by atoms with Crippen molar-refractivity contribution >= 4 is 63.6 Å². The smallest absolute Gasteiger partial charge is 0.278 e. The van der Waals surface area contributed by atoms with Gasteiger partial charge in [0, 0.05) is 68.9 Å². The number of imide groups is 2. The molecule has 5 amide bonds. The molecule has 0 bridgehead atoms. The van der Waals surface area contributed by atoms with E-state index in [-0.39, 0.29) is 42.0 Å². The van der Waals surface area contributed by atoms with Crippen LogP contribution < -0.4 is 31.7 Å². The van der Waals surface area contributed by atoms with Crippen molar-refractivity contribution in [3.05, 3.63) is 107 Å². The van der Waals surface area contributed by atoms with Crippen LogP contribution in [-0.2, 0) is 59.7 Å². The number of ether oxygens (including phenoxy) is 7. The Bertz CT molecular complexity index is 3070. The van der Waals surface area contributed by atoms with Crippen LogP contribution in [0.4, 0.5) is 23.0 Å². The highest BCUT2D eigenvalue weighted by Crippen LogP contribution is 2.32. The molecule has 0 aliphatic carbocycles. The molecule has 2 aromatic carbocycles. The van der Waals surface area contributed by atoms with E-state index in [1.165, 1.54) is 10.9 Å². The number of carbonyl (C=O) groups is 5. The van der Waals surface area contributed by atoms with Gasteiger partial charge in [-0.1, -0.05) is 18.2 Å². The van der Waals surface area contributed by atoms with Crippen molar-refractivity contribution in [2.24, 2.45) is 0 Å². The second kappa shape index (κ2) is 30.7. The first-order valence-electron chi connectivity index (χ1n) is 27.8. The molecule has 3 aliphatic heterocycles. The van der Waals surface area contributed by atoms with Crippen molar-refractivity contribution in [3.8, 4) is 5.82 Å². The van der Waals surface area contributed by atoms with Crippen molar-refractivity contribution in [1.82, 2.24) is 44.7 Å². The number of nitrogens with zero attached hydrogens (tertiary/aromatic N) is 8. The summed E-state index contributed by atoms with van der Waals surface area (Å²) >= 11 is 0. The average Bonchev–Trinajstić information content (AvgIpc) is 2.50. The second-order valence-corrected chi connectivity index (χ2v) is 20.0. The molecule has 5 aromatic rings. The molecule has 26 nitrogen and oxygen atoms in total. The number of piperazine rings is 1. The average molecular weight is 1150 g/mol. The zero-order valence-corrected chi connectivity index (χ0v) is 47.0. The second-order valence-electron chi connectivity index (χ2n) is 20.0. The van der Waals surface area contributed by atoms with E-state index in [4.69, 9.17) is 38.1 Å². The monoisotopic (exact) mass is 1150 g/mol. The first-order valence-corrected chi connectivity index (χ1v) is 27.8. The van der Waals surface area contributed by atoms with E-state index in [2.05, 4.69) is 47.6 Å². The SMILES string of the molecule is C=CCn1c(=O)c2cnc(Nc3ccc(N4CCN(CC(=O)NCCOCCOCCOCCOCCOCCOCCOCCNc5cccc6c5C(=O)N(C5CCC(=O)NC5=O)C6=O)CC4)cc3)nc2n1-c1cccc(C(C)(C)O)n1. The number of hydrogen-bond donors (Lipinski definition) is 5. The molecular formula is C57H74N12O14. The van der Waals surface area contributed by atoms with Crippen LogP contribution in [0.15, 0.2) is 84.3 Å². The van der Waals surface area contributed by atoms with Gasteiger partial charge in [0.05, 0.1) is 122 Å². The van der Waals surface area contributed by atoms with Crippen molar-refractivity contribution < 1.29 is 62.2 Å². The number of aliphatic hydroxyl groups is 1. The number of piperidine rings is 1.